The van der Waals surface area contributed by atoms with E-state index < -0.39 is 0 Å². The Kier molecular flexibility index (Phi) is 3.47. The largest absolute Gasteiger partial charge is 0.496 e. The average molecular weight is 231 g/mol. The first-order valence-electron chi connectivity index (χ1n) is 4.98. The van der Waals surface area contributed by atoms with E-state index >= 15 is 0 Å². The number of thioether (sulfide) groups is 1. The van der Waals surface area contributed by atoms with Crippen molar-refractivity contribution in [2.24, 2.45) is 0 Å². The van der Waals surface area contributed by atoms with Crippen LogP contribution in [0.4, 0.5) is 0 Å². The molecule has 3 heteroatoms. The summed E-state index contributed by atoms with van der Waals surface area (Å²) < 4.78 is 5.33. The molecule has 0 saturated carbocycles. The topological polar surface area (TPSA) is 22.1 Å². The summed E-state index contributed by atoms with van der Waals surface area (Å²) in [6.07, 6.45) is 3.88. The van der Waals surface area contributed by atoms with Gasteiger partial charge in [0.2, 0.25) is 0 Å². The lowest BCUT2D eigenvalue weighted by atomic mass is 10.1. The van der Waals surface area contributed by atoms with E-state index in [0.29, 0.717) is 0 Å². The number of aromatic nitrogens is 1. The van der Waals surface area contributed by atoms with Gasteiger partial charge in [-0.1, -0.05) is 12.1 Å². The van der Waals surface area contributed by atoms with Crippen molar-refractivity contribution in [3.8, 4) is 17.0 Å². The number of nitrogens with zero attached hydrogens (tertiary/aromatic N) is 1. The van der Waals surface area contributed by atoms with Crippen LogP contribution < -0.4 is 4.74 Å². The van der Waals surface area contributed by atoms with Crippen molar-refractivity contribution >= 4 is 11.8 Å². The molecule has 0 atom stereocenters. The molecule has 0 unspecified atom stereocenters. The lowest BCUT2D eigenvalue weighted by Crippen LogP contribution is -1.89. The number of pyridine rings is 1. The third kappa shape index (κ3) is 2.19. The highest BCUT2D eigenvalue weighted by atomic mass is 32.2. The van der Waals surface area contributed by atoms with Gasteiger partial charge in [0.05, 0.1) is 12.8 Å². The summed E-state index contributed by atoms with van der Waals surface area (Å²) in [5.41, 5.74) is 1.98. The van der Waals surface area contributed by atoms with Crippen molar-refractivity contribution in [2.75, 3.05) is 13.4 Å². The van der Waals surface area contributed by atoms with Gasteiger partial charge < -0.3 is 4.74 Å². The van der Waals surface area contributed by atoms with Crippen LogP contribution in [-0.2, 0) is 0 Å². The zero-order valence-electron chi connectivity index (χ0n) is 9.31. The summed E-state index contributed by atoms with van der Waals surface area (Å²) in [6.45, 7) is 0. The van der Waals surface area contributed by atoms with E-state index in [9.17, 15) is 0 Å². The highest BCUT2D eigenvalue weighted by molar-refractivity contribution is 7.98. The molecule has 0 fully saturated rings. The predicted molar refractivity (Wildman–Crippen MR) is 68.0 cm³/mol. The lowest BCUT2D eigenvalue weighted by molar-refractivity contribution is 0.416. The molecule has 1 aromatic heterocycles. The van der Waals surface area contributed by atoms with Crippen LogP contribution in [0.25, 0.3) is 11.3 Å². The maximum atomic E-state index is 5.33. The van der Waals surface area contributed by atoms with Crippen molar-refractivity contribution in [2.45, 2.75) is 4.90 Å². The summed E-state index contributed by atoms with van der Waals surface area (Å²) in [6, 6.07) is 12.0. The Balaban J connectivity index is 2.49. The molecule has 1 aromatic carbocycles. The summed E-state index contributed by atoms with van der Waals surface area (Å²) in [5, 5.41) is 0. The third-order valence-corrected chi connectivity index (χ3v) is 3.08. The average Bonchev–Trinajstić information content (AvgIpc) is 2.38. The van der Waals surface area contributed by atoms with Gasteiger partial charge in [-0.15, -0.1) is 11.8 Å². The maximum absolute atomic E-state index is 5.33. The number of para-hydroxylation sites is 1. The van der Waals surface area contributed by atoms with Crippen LogP contribution in [0, 0.1) is 0 Å². The van der Waals surface area contributed by atoms with Crippen molar-refractivity contribution in [3.63, 3.8) is 0 Å². The van der Waals surface area contributed by atoms with Gasteiger partial charge in [-0.2, -0.15) is 0 Å². The number of hydrogen-bond donors (Lipinski definition) is 0. The molecular weight excluding hydrogens is 218 g/mol. The number of methoxy groups -OCH3 is 1. The van der Waals surface area contributed by atoms with Crippen LogP contribution in [0.2, 0.25) is 0 Å². The molecular formula is C13H13NOS. The number of rotatable bonds is 3. The minimum Gasteiger partial charge on any atom is -0.496 e. The van der Waals surface area contributed by atoms with Crippen molar-refractivity contribution in [1.29, 1.82) is 0 Å². The van der Waals surface area contributed by atoms with Gasteiger partial charge in [-0.25, -0.2) is 0 Å². The first kappa shape index (κ1) is 11.0. The second-order valence-corrected chi connectivity index (χ2v) is 4.16. The quantitative estimate of drug-likeness (QED) is 0.755. The zero-order valence-corrected chi connectivity index (χ0v) is 10.1. The van der Waals surface area contributed by atoms with Crippen LogP contribution in [0.15, 0.2) is 47.5 Å². The molecule has 0 amide bonds. The van der Waals surface area contributed by atoms with Gasteiger partial charge >= 0.3 is 0 Å². The van der Waals surface area contributed by atoms with Gasteiger partial charge in [0.1, 0.15) is 5.75 Å². The van der Waals surface area contributed by atoms with Crippen molar-refractivity contribution < 1.29 is 4.74 Å². The highest BCUT2D eigenvalue weighted by Crippen LogP contribution is 2.29. The molecule has 0 saturated heterocycles. The molecule has 0 bridgehead atoms. The molecule has 2 nitrogen and oxygen atoms in total. The fourth-order valence-electron chi connectivity index (χ4n) is 1.54. The number of hydrogen-bond acceptors (Lipinski definition) is 3. The molecule has 0 radical (unpaired) electrons. The Bertz CT molecular complexity index is 485. The Hall–Kier alpha value is -1.48. The SMILES string of the molecule is COc1ccccc1-c1cc(SC)ccn1. The number of benzene rings is 1. The molecule has 2 aromatic rings. The van der Waals surface area contributed by atoms with Crippen LogP contribution in [0.3, 0.4) is 0 Å². The van der Waals surface area contributed by atoms with E-state index in [4.69, 9.17) is 4.74 Å². The first-order chi connectivity index (χ1) is 7.85. The molecule has 2 rings (SSSR count). The Labute approximate surface area is 99.7 Å². The van der Waals surface area contributed by atoms with E-state index in [1.807, 2.05) is 36.5 Å². The van der Waals surface area contributed by atoms with Gasteiger partial charge in [0.15, 0.2) is 0 Å². The van der Waals surface area contributed by atoms with E-state index in [-0.39, 0.29) is 0 Å². The monoisotopic (exact) mass is 231 g/mol. The van der Waals surface area contributed by atoms with Gasteiger partial charge in [0, 0.05) is 16.7 Å². The summed E-state index contributed by atoms with van der Waals surface area (Å²) >= 11 is 1.71. The fraction of sp³-hybridized carbons (Fsp3) is 0.154. The number of ether oxygens (including phenoxy) is 1. The standard InChI is InChI=1S/C13H13NOS/c1-15-13-6-4-3-5-11(13)12-9-10(16-2)7-8-14-12/h3-9H,1-2H3. The maximum Gasteiger partial charge on any atom is 0.128 e. The normalized spacial score (nSPS) is 10.1. The van der Waals surface area contributed by atoms with E-state index in [2.05, 4.69) is 17.3 Å². The minimum atomic E-state index is 0.855. The summed E-state index contributed by atoms with van der Waals surface area (Å²) in [4.78, 5) is 5.58. The second-order valence-electron chi connectivity index (χ2n) is 3.28. The third-order valence-electron chi connectivity index (χ3n) is 2.35. The van der Waals surface area contributed by atoms with E-state index in [0.717, 1.165) is 17.0 Å². The minimum absolute atomic E-state index is 0.855. The molecule has 0 aliphatic carbocycles. The van der Waals surface area contributed by atoms with Gasteiger partial charge in [-0.3, -0.25) is 4.98 Å². The molecule has 0 spiro atoms. The van der Waals surface area contributed by atoms with Gasteiger partial charge in [0.25, 0.3) is 0 Å². The summed E-state index contributed by atoms with van der Waals surface area (Å²) in [7, 11) is 1.68. The molecule has 0 aliphatic rings. The highest BCUT2D eigenvalue weighted by Gasteiger charge is 2.06. The van der Waals surface area contributed by atoms with E-state index in [1.54, 1.807) is 18.9 Å². The first-order valence-corrected chi connectivity index (χ1v) is 6.21. The van der Waals surface area contributed by atoms with Crippen LogP contribution in [-0.4, -0.2) is 18.3 Å². The van der Waals surface area contributed by atoms with Crippen molar-refractivity contribution in [1.82, 2.24) is 4.98 Å². The summed E-state index contributed by atoms with van der Waals surface area (Å²) in [5.74, 6) is 0.855. The van der Waals surface area contributed by atoms with Crippen LogP contribution in [0.5, 0.6) is 5.75 Å². The molecule has 0 N–H and O–H groups in total. The lowest BCUT2D eigenvalue weighted by Gasteiger charge is -2.07. The molecule has 82 valence electrons. The fourth-order valence-corrected chi connectivity index (χ4v) is 1.97. The van der Waals surface area contributed by atoms with Crippen LogP contribution >= 0.6 is 11.8 Å². The van der Waals surface area contributed by atoms with E-state index in [1.165, 1.54) is 4.90 Å². The van der Waals surface area contributed by atoms with Crippen molar-refractivity contribution in [3.05, 3.63) is 42.6 Å². The van der Waals surface area contributed by atoms with Crippen LogP contribution in [0.1, 0.15) is 0 Å². The Morgan fingerprint density at radius 2 is 2.00 bits per heavy atom. The van der Waals surface area contributed by atoms with Gasteiger partial charge in [-0.05, 0) is 30.5 Å². The smallest absolute Gasteiger partial charge is 0.128 e. The molecule has 16 heavy (non-hydrogen) atoms. The predicted octanol–water partition coefficient (Wildman–Crippen LogP) is 3.48. The second kappa shape index (κ2) is 5.03. The Morgan fingerprint density at radius 3 is 2.75 bits per heavy atom. The molecule has 1 heterocycles. The molecule has 0 aliphatic heterocycles. The Morgan fingerprint density at radius 1 is 1.19 bits per heavy atom. The zero-order chi connectivity index (χ0) is 11.4.